The Morgan fingerprint density at radius 3 is 2.74 bits per heavy atom. The number of piperidine rings is 1. The zero-order valence-electron chi connectivity index (χ0n) is 18.5. The number of aromatic carboxylic acids is 1. The largest absolute Gasteiger partial charge is 0.478 e. The number of hydrogen-bond donors (Lipinski definition) is 3. The molecule has 35 heavy (non-hydrogen) atoms. The topological polar surface area (TPSA) is 145 Å². The average molecular weight is 492 g/mol. The van der Waals surface area contributed by atoms with E-state index in [4.69, 9.17) is 9.83 Å². The summed E-state index contributed by atoms with van der Waals surface area (Å²) in [6, 6.07) is 9.61. The minimum absolute atomic E-state index is 0.0191. The van der Waals surface area contributed by atoms with Crippen LogP contribution in [0.5, 0.6) is 0 Å². The number of aromatic amines is 1. The van der Waals surface area contributed by atoms with Gasteiger partial charge in [-0.25, -0.2) is 9.48 Å². The number of carbonyl (C=O) groups is 2. The van der Waals surface area contributed by atoms with Gasteiger partial charge in [0, 0.05) is 24.7 Å². The highest BCUT2D eigenvalue weighted by Crippen LogP contribution is 2.23. The molecule has 0 aliphatic carbocycles. The number of rotatable bonds is 4. The van der Waals surface area contributed by atoms with Crippen LogP contribution in [0.4, 0.5) is 0 Å². The number of hydrogen-bond acceptors (Lipinski definition) is 7. The highest BCUT2D eigenvalue weighted by molar-refractivity contribution is 7.11. The van der Waals surface area contributed by atoms with Gasteiger partial charge in [-0.2, -0.15) is 4.98 Å². The van der Waals surface area contributed by atoms with Gasteiger partial charge in [-0.1, -0.05) is 23.5 Å². The van der Waals surface area contributed by atoms with Crippen LogP contribution in [0.1, 0.15) is 35.4 Å². The summed E-state index contributed by atoms with van der Waals surface area (Å²) in [5.74, 6) is -0.410. The standard InChI is InChI=1S/C24H21N5O5S/c25-21-17(12-16-7-8-18(34-16)14-5-4-6-15(11-14)23(32)33)22(31)26-24-29(21)27-19(35-24)13-20(30)28-9-2-1-3-10-28/h4-8,11-13,25,27H,1-3,9-10H2,(H,32,33)/b17-12-,19-13+,25-21?. The third kappa shape index (κ3) is 4.58. The first kappa shape index (κ1) is 22.5. The summed E-state index contributed by atoms with van der Waals surface area (Å²) in [6.07, 6.45) is 5.99. The second-order valence-corrected chi connectivity index (χ2v) is 9.15. The molecule has 11 heteroatoms. The summed E-state index contributed by atoms with van der Waals surface area (Å²) < 4.78 is 7.64. The van der Waals surface area contributed by atoms with E-state index in [0.29, 0.717) is 21.7 Å². The molecule has 1 fully saturated rings. The van der Waals surface area contributed by atoms with E-state index in [1.165, 1.54) is 29.0 Å². The lowest BCUT2D eigenvalue weighted by Crippen LogP contribution is -2.47. The number of nitrogens with one attached hydrogen (secondary N) is 2. The Hall–Kier alpha value is -4.25. The highest BCUT2D eigenvalue weighted by atomic mass is 32.1. The van der Waals surface area contributed by atoms with E-state index in [9.17, 15) is 19.5 Å². The Balaban J connectivity index is 1.51. The van der Waals surface area contributed by atoms with Crippen LogP contribution >= 0.6 is 11.3 Å². The predicted molar refractivity (Wildman–Crippen MR) is 128 cm³/mol. The van der Waals surface area contributed by atoms with Crippen LogP contribution in [0.3, 0.4) is 0 Å². The number of furan rings is 1. The van der Waals surface area contributed by atoms with E-state index < -0.39 is 11.5 Å². The number of likely N-dealkylation sites (tertiary alicyclic amines) is 1. The average Bonchev–Trinajstić information content (AvgIpc) is 3.49. The molecule has 0 bridgehead atoms. The first-order valence-corrected chi connectivity index (χ1v) is 11.8. The van der Waals surface area contributed by atoms with Crippen LogP contribution in [-0.2, 0) is 4.79 Å². The van der Waals surface area contributed by atoms with Gasteiger partial charge in [0.1, 0.15) is 16.2 Å². The van der Waals surface area contributed by atoms with Gasteiger partial charge in [0.15, 0.2) is 5.49 Å². The molecule has 3 aliphatic rings. The lowest BCUT2D eigenvalue weighted by molar-refractivity contribution is -0.125. The summed E-state index contributed by atoms with van der Waals surface area (Å²) >= 11 is 1.13. The molecule has 0 spiro atoms. The van der Waals surface area contributed by atoms with E-state index in [0.717, 1.165) is 43.7 Å². The molecule has 1 aromatic carbocycles. The Bertz CT molecular complexity index is 1640. The van der Waals surface area contributed by atoms with Crippen molar-refractivity contribution in [1.29, 1.82) is 5.41 Å². The van der Waals surface area contributed by atoms with E-state index in [1.807, 2.05) is 0 Å². The molecular formula is C24H21N5O5S. The number of aromatic nitrogens is 3. The van der Waals surface area contributed by atoms with Crippen molar-refractivity contribution in [2.24, 2.45) is 0 Å². The smallest absolute Gasteiger partial charge is 0.335 e. The maximum atomic E-state index is 12.7. The minimum Gasteiger partial charge on any atom is -0.478 e. The lowest BCUT2D eigenvalue weighted by atomic mass is 10.1. The molecule has 178 valence electrons. The number of nitrogens with zero attached hydrogens (tertiary/aromatic N) is 3. The van der Waals surface area contributed by atoms with Gasteiger partial charge < -0.3 is 14.4 Å². The van der Waals surface area contributed by atoms with Crippen LogP contribution in [-0.4, -0.2) is 49.7 Å². The summed E-state index contributed by atoms with van der Waals surface area (Å²) in [5.41, 5.74) is -0.00654. The first-order chi connectivity index (χ1) is 16.9. The molecule has 0 unspecified atom stereocenters. The predicted octanol–water partition coefficient (Wildman–Crippen LogP) is 1.12. The number of fused-ring (bicyclic) bond motifs is 1. The monoisotopic (exact) mass is 491 g/mol. The van der Waals surface area contributed by atoms with E-state index in [1.54, 1.807) is 29.2 Å². The molecule has 1 amide bonds. The zero-order chi connectivity index (χ0) is 24.5. The van der Waals surface area contributed by atoms with Crippen molar-refractivity contribution in [3.63, 3.8) is 0 Å². The normalized spacial score (nSPS) is 15.1. The van der Waals surface area contributed by atoms with Crippen LogP contribution in [0.25, 0.3) is 28.6 Å². The molecule has 5 rings (SSSR count). The number of carboxylic acid groups (broad SMARTS) is 1. The Labute approximate surface area is 201 Å². The molecule has 1 saturated heterocycles. The molecule has 0 saturated carbocycles. The molecule has 10 nitrogen and oxygen atoms in total. The number of carbonyl (C=O) groups excluding carboxylic acids is 1. The minimum atomic E-state index is -1.04. The molecule has 4 heterocycles. The first-order valence-electron chi connectivity index (χ1n) is 11.0. The SMILES string of the molecule is N=c1/c(=C/c2ccc(-c3cccc(C(=O)O)c3)o2)c(=O)nc2s/c(=C/C(=O)N3CCCCC3)[nH]n1-2. The molecule has 3 aliphatic heterocycles. The fourth-order valence-electron chi connectivity index (χ4n) is 3.96. The quantitative estimate of drug-likeness (QED) is 0.390. The molecular weight excluding hydrogens is 470 g/mol. The third-order valence-corrected chi connectivity index (χ3v) is 6.64. The summed E-state index contributed by atoms with van der Waals surface area (Å²) in [6.45, 7) is 1.45. The van der Waals surface area contributed by atoms with E-state index >= 15 is 0 Å². The van der Waals surface area contributed by atoms with Crippen molar-refractivity contribution < 1.29 is 19.1 Å². The van der Waals surface area contributed by atoms with Crippen molar-refractivity contribution in [1.82, 2.24) is 19.7 Å². The van der Waals surface area contributed by atoms with Gasteiger partial charge in [0.05, 0.1) is 10.8 Å². The summed E-state index contributed by atoms with van der Waals surface area (Å²) in [5, 5.41) is 21.0. The van der Waals surface area contributed by atoms with Crippen LogP contribution in [0.2, 0.25) is 0 Å². The second-order valence-electron chi connectivity index (χ2n) is 8.14. The summed E-state index contributed by atoms with van der Waals surface area (Å²) in [7, 11) is 0. The molecule has 3 N–H and O–H groups in total. The molecule has 0 atom stereocenters. The fourth-order valence-corrected chi connectivity index (χ4v) is 4.81. The second kappa shape index (κ2) is 9.18. The van der Waals surface area contributed by atoms with Crippen molar-refractivity contribution in [3.05, 3.63) is 73.4 Å². The number of amides is 1. The van der Waals surface area contributed by atoms with E-state index in [-0.39, 0.29) is 27.3 Å². The van der Waals surface area contributed by atoms with Crippen LogP contribution in [0, 0.1) is 5.41 Å². The van der Waals surface area contributed by atoms with Gasteiger partial charge >= 0.3 is 5.97 Å². The van der Waals surface area contributed by atoms with Gasteiger partial charge in [-0.15, -0.1) is 0 Å². The fraction of sp³-hybridized carbons (Fsp3) is 0.208. The van der Waals surface area contributed by atoms with Crippen LogP contribution < -0.4 is 20.9 Å². The van der Waals surface area contributed by atoms with Crippen molar-refractivity contribution in [2.75, 3.05) is 13.1 Å². The zero-order valence-corrected chi connectivity index (χ0v) is 19.3. The maximum Gasteiger partial charge on any atom is 0.335 e. The Kier molecular flexibility index (Phi) is 5.91. The molecule has 2 aromatic rings. The van der Waals surface area contributed by atoms with Gasteiger partial charge in [-0.3, -0.25) is 20.1 Å². The van der Waals surface area contributed by atoms with Crippen molar-refractivity contribution >= 4 is 35.4 Å². The lowest BCUT2D eigenvalue weighted by Gasteiger charge is -2.25. The Morgan fingerprint density at radius 2 is 1.97 bits per heavy atom. The Morgan fingerprint density at radius 1 is 1.17 bits per heavy atom. The van der Waals surface area contributed by atoms with E-state index in [2.05, 4.69) is 10.1 Å². The van der Waals surface area contributed by atoms with Crippen molar-refractivity contribution in [2.45, 2.75) is 19.3 Å². The number of carboxylic acids is 1. The number of benzene rings is 1. The molecule has 1 aromatic heterocycles. The van der Waals surface area contributed by atoms with Crippen LogP contribution in [0.15, 0.2) is 45.6 Å². The summed E-state index contributed by atoms with van der Waals surface area (Å²) in [4.78, 5) is 42.3. The van der Waals surface area contributed by atoms with Gasteiger partial charge in [-0.05, 0) is 49.6 Å². The number of H-pyrrole nitrogens is 1. The van der Waals surface area contributed by atoms with Crippen molar-refractivity contribution in [3.8, 4) is 16.5 Å². The third-order valence-electron chi connectivity index (χ3n) is 5.75. The van der Waals surface area contributed by atoms with Gasteiger partial charge in [0.25, 0.3) is 5.56 Å². The highest BCUT2D eigenvalue weighted by Gasteiger charge is 2.16. The molecule has 0 radical (unpaired) electrons. The van der Waals surface area contributed by atoms with Gasteiger partial charge in [0.2, 0.25) is 11.0 Å². The maximum absolute atomic E-state index is 12.7.